The van der Waals surface area contributed by atoms with Crippen LogP contribution in [-0.4, -0.2) is 33.3 Å². The van der Waals surface area contributed by atoms with Gasteiger partial charge in [0.15, 0.2) is 16.6 Å². The molecule has 2 aromatic carbocycles. The lowest BCUT2D eigenvalue weighted by molar-refractivity contribution is 0.362. The molecule has 0 saturated heterocycles. The van der Waals surface area contributed by atoms with Crippen LogP contribution in [0.25, 0.3) is 0 Å². The van der Waals surface area contributed by atoms with Crippen molar-refractivity contribution >= 4 is 17.3 Å². The zero-order chi connectivity index (χ0) is 16.9. The standard InChI is InChI=1S/C19H22N2O2S/c22-17-9-8-15-13-21(12-10-16(15)18(17)23)19(24)20-11-4-7-14-5-2-1-3-6-14/h1-3,5-6,8-9,22-23H,4,7,10-13H2,(H,20,24). The molecule has 0 saturated carbocycles. The topological polar surface area (TPSA) is 55.7 Å². The van der Waals surface area contributed by atoms with Gasteiger partial charge in [0, 0.05) is 25.2 Å². The van der Waals surface area contributed by atoms with Crippen LogP contribution >= 0.6 is 12.2 Å². The van der Waals surface area contributed by atoms with Gasteiger partial charge in [-0.1, -0.05) is 36.4 Å². The molecule has 4 nitrogen and oxygen atoms in total. The molecule has 5 heteroatoms. The zero-order valence-corrected chi connectivity index (χ0v) is 14.4. The molecule has 0 bridgehead atoms. The van der Waals surface area contributed by atoms with E-state index < -0.39 is 0 Å². The van der Waals surface area contributed by atoms with Gasteiger partial charge in [-0.15, -0.1) is 0 Å². The molecule has 0 amide bonds. The highest BCUT2D eigenvalue weighted by Crippen LogP contribution is 2.34. The van der Waals surface area contributed by atoms with Crippen LogP contribution < -0.4 is 5.32 Å². The number of aryl methyl sites for hydroxylation is 1. The van der Waals surface area contributed by atoms with Crippen molar-refractivity contribution in [1.29, 1.82) is 0 Å². The largest absolute Gasteiger partial charge is 0.504 e. The van der Waals surface area contributed by atoms with E-state index in [4.69, 9.17) is 12.2 Å². The summed E-state index contributed by atoms with van der Waals surface area (Å²) in [6, 6.07) is 13.8. The summed E-state index contributed by atoms with van der Waals surface area (Å²) in [4.78, 5) is 2.11. The van der Waals surface area contributed by atoms with Crippen molar-refractivity contribution in [2.75, 3.05) is 13.1 Å². The van der Waals surface area contributed by atoms with Crippen LogP contribution in [0.4, 0.5) is 0 Å². The SMILES string of the molecule is Oc1ccc2c(c1O)CCN(C(=S)NCCCc1ccccc1)C2. The van der Waals surface area contributed by atoms with Crippen molar-refractivity contribution in [1.82, 2.24) is 10.2 Å². The van der Waals surface area contributed by atoms with E-state index in [1.807, 2.05) is 12.1 Å². The van der Waals surface area contributed by atoms with Crippen LogP contribution in [0.3, 0.4) is 0 Å². The second-order valence-corrected chi connectivity index (χ2v) is 6.45. The minimum atomic E-state index is -0.0520. The number of rotatable bonds is 4. The summed E-state index contributed by atoms with van der Waals surface area (Å²) in [5.41, 5.74) is 3.19. The molecule has 0 aliphatic carbocycles. The van der Waals surface area contributed by atoms with Crippen molar-refractivity contribution in [2.24, 2.45) is 0 Å². The molecule has 0 aromatic heterocycles. The first-order chi connectivity index (χ1) is 11.6. The Morgan fingerprint density at radius 1 is 1.12 bits per heavy atom. The van der Waals surface area contributed by atoms with E-state index in [9.17, 15) is 10.2 Å². The number of aromatic hydroxyl groups is 2. The van der Waals surface area contributed by atoms with Crippen LogP contribution in [0.5, 0.6) is 11.5 Å². The van der Waals surface area contributed by atoms with Gasteiger partial charge in [-0.3, -0.25) is 0 Å². The second-order valence-electron chi connectivity index (χ2n) is 6.06. The molecule has 0 atom stereocenters. The number of phenols is 2. The summed E-state index contributed by atoms with van der Waals surface area (Å²) in [7, 11) is 0. The number of nitrogens with one attached hydrogen (secondary N) is 1. The van der Waals surface area contributed by atoms with E-state index in [1.165, 1.54) is 11.6 Å². The number of hydrogen-bond donors (Lipinski definition) is 3. The highest BCUT2D eigenvalue weighted by Gasteiger charge is 2.21. The summed E-state index contributed by atoms with van der Waals surface area (Å²) in [5, 5.41) is 23.6. The molecule has 2 aromatic rings. The quantitative estimate of drug-likeness (QED) is 0.453. The smallest absolute Gasteiger partial charge is 0.169 e. The van der Waals surface area contributed by atoms with Crippen molar-refractivity contribution in [3.05, 3.63) is 59.2 Å². The molecular weight excluding hydrogens is 320 g/mol. The molecule has 3 N–H and O–H groups in total. The number of thiocarbonyl (C=S) groups is 1. The van der Waals surface area contributed by atoms with Gasteiger partial charge in [-0.2, -0.15) is 0 Å². The van der Waals surface area contributed by atoms with Crippen molar-refractivity contribution in [3.8, 4) is 11.5 Å². The summed E-state index contributed by atoms with van der Waals surface area (Å²) < 4.78 is 0. The van der Waals surface area contributed by atoms with Crippen LogP contribution in [0.15, 0.2) is 42.5 Å². The summed E-state index contributed by atoms with van der Waals surface area (Å²) >= 11 is 5.49. The van der Waals surface area contributed by atoms with Gasteiger partial charge in [-0.05, 0) is 48.7 Å². The molecule has 3 rings (SSSR count). The third kappa shape index (κ3) is 3.79. The van der Waals surface area contributed by atoms with E-state index in [2.05, 4.69) is 34.5 Å². The number of nitrogens with zero attached hydrogens (tertiary/aromatic N) is 1. The van der Waals surface area contributed by atoms with Gasteiger partial charge in [-0.25, -0.2) is 0 Å². The van der Waals surface area contributed by atoms with Gasteiger partial charge >= 0.3 is 0 Å². The first kappa shape index (κ1) is 16.6. The van der Waals surface area contributed by atoms with Crippen LogP contribution in [0, 0.1) is 0 Å². The molecule has 1 aliphatic heterocycles. The first-order valence-electron chi connectivity index (χ1n) is 8.24. The van der Waals surface area contributed by atoms with Crippen molar-refractivity contribution in [2.45, 2.75) is 25.8 Å². The van der Waals surface area contributed by atoms with E-state index in [1.54, 1.807) is 0 Å². The Balaban J connectivity index is 1.49. The number of benzene rings is 2. The maximum absolute atomic E-state index is 9.93. The third-order valence-electron chi connectivity index (χ3n) is 4.40. The van der Waals surface area contributed by atoms with E-state index in [-0.39, 0.29) is 11.5 Å². The van der Waals surface area contributed by atoms with Crippen molar-refractivity contribution < 1.29 is 10.2 Å². The normalized spacial score (nSPS) is 13.4. The Hall–Kier alpha value is -2.27. The predicted molar refractivity (Wildman–Crippen MR) is 99.2 cm³/mol. The summed E-state index contributed by atoms with van der Waals surface area (Å²) in [6.45, 7) is 2.25. The Morgan fingerprint density at radius 2 is 1.92 bits per heavy atom. The lowest BCUT2D eigenvalue weighted by Gasteiger charge is -2.31. The lowest BCUT2D eigenvalue weighted by Crippen LogP contribution is -2.42. The van der Waals surface area contributed by atoms with Gasteiger partial charge in [0.1, 0.15) is 0 Å². The maximum atomic E-state index is 9.93. The Morgan fingerprint density at radius 3 is 2.71 bits per heavy atom. The van der Waals surface area contributed by atoms with Gasteiger partial charge < -0.3 is 20.4 Å². The molecule has 0 radical (unpaired) electrons. The van der Waals surface area contributed by atoms with E-state index in [0.29, 0.717) is 13.0 Å². The maximum Gasteiger partial charge on any atom is 0.169 e. The summed E-state index contributed by atoms with van der Waals surface area (Å²) in [5.74, 6) is -0.0438. The number of hydrogen-bond acceptors (Lipinski definition) is 3. The molecule has 0 unspecified atom stereocenters. The van der Waals surface area contributed by atoms with E-state index in [0.717, 1.165) is 42.2 Å². The van der Waals surface area contributed by atoms with Crippen LogP contribution in [0.2, 0.25) is 0 Å². The minimum absolute atomic E-state index is 0.00823. The van der Waals surface area contributed by atoms with Gasteiger partial charge in [0.2, 0.25) is 0 Å². The molecule has 1 heterocycles. The second kappa shape index (κ2) is 7.53. The molecule has 1 aliphatic rings. The lowest BCUT2D eigenvalue weighted by atomic mass is 9.98. The molecule has 24 heavy (non-hydrogen) atoms. The average Bonchev–Trinajstić information content (AvgIpc) is 2.62. The van der Waals surface area contributed by atoms with Crippen LogP contribution in [-0.2, 0) is 19.4 Å². The van der Waals surface area contributed by atoms with E-state index >= 15 is 0 Å². The highest BCUT2D eigenvalue weighted by molar-refractivity contribution is 7.80. The zero-order valence-electron chi connectivity index (χ0n) is 13.5. The van der Waals surface area contributed by atoms with Crippen LogP contribution in [0.1, 0.15) is 23.1 Å². The Labute approximate surface area is 147 Å². The monoisotopic (exact) mass is 342 g/mol. The van der Waals surface area contributed by atoms with Gasteiger partial charge in [0.05, 0.1) is 0 Å². The first-order valence-corrected chi connectivity index (χ1v) is 8.65. The molecular formula is C19H22N2O2S. The number of fused-ring (bicyclic) bond motifs is 1. The fraction of sp³-hybridized carbons (Fsp3) is 0.316. The van der Waals surface area contributed by atoms with Gasteiger partial charge in [0.25, 0.3) is 0 Å². The fourth-order valence-corrected chi connectivity index (χ4v) is 3.30. The Kier molecular flexibility index (Phi) is 5.20. The Bertz CT molecular complexity index is 719. The number of phenolic OH excluding ortho intramolecular Hbond substituents is 2. The third-order valence-corrected chi connectivity index (χ3v) is 4.80. The highest BCUT2D eigenvalue weighted by atomic mass is 32.1. The minimum Gasteiger partial charge on any atom is -0.504 e. The fourth-order valence-electron chi connectivity index (χ4n) is 3.04. The average molecular weight is 342 g/mol. The predicted octanol–water partition coefficient (Wildman–Crippen LogP) is 2.96. The summed E-state index contributed by atoms with van der Waals surface area (Å²) in [6.07, 6.45) is 2.75. The van der Waals surface area contributed by atoms with Crippen molar-refractivity contribution in [3.63, 3.8) is 0 Å². The molecule has 0 fully saturated rings. The molecule has 0 spiro atoms. The molecule has 126 valence electrons.